The maximum atomic E-state index is 11.0. The smallest absolute Gasteiger partial charge is 0.383 e. The molecule has 0 rings (SSSR count). The second kappa shape index (κ2) is 5.43. The minimum absolute atomic E-state index is 0.217. The third-order valence-corrected chi connectivity index (χ3v) is 1.92. The van der Waals surface area contributed by atoms with E-state index in [4.69, 9.17) is 14.9 Å². The van der Waals surface area contributed by atoms with Crippen LogP contribution in [-0.2, 0) is 13.9 Å². The van der Waals surface area contributed by atoms with Gasteiger partial charge in [-0.15, -0.1) is 0 Å². The molecule has 14 heavy (non-hydrogen) atoms. The van der Waals surface area contributed by atoms with Crippen LogP contribution < -0.4 is 5.32 Å². The van der Waals surface area contributed by atoms with Crippen LogP contribution in [0.3, 0.4) is 0 Å². The lowest BCUT2D eigenvalue weighted by Gasteiger charge is -2.16. The van der Waals surface area contributed by atoms with Gasteiger partial charge in [-0.1, -0.05) is 6.92 Å². The zero-order valence-corrected chi connectivity index (χ0v) is 8.77. The quantitative estimate of drug-likeness (QED) is 0.365. The van der Waals surface area contributed by atoms with Crippen molar-refractivity contribution in [3.8, 4) is 0 Å². The van der Waals surface area contributed by atoms with Crippen molar-refractivity contribution in [3.05, 3.63) is 0 Å². The Morgan fingerprint density at radius 1 is 1.57 bits per heavy atom. The van der Waals surface area contributed by atoms with Crippen molar-refractivity contribution in [1.82, 2.24) is 5.32 Å². The van der Waals surface area contributed by atoms with Crippen molar-refractivity contribution in [3.63, 3.8) is 0 Å². The Morgan fingerprint density at radius 3 is 2.43 bits per heavy atom. The van der Waals surface area contributed by atoms with Crippen molar-refractivity contribution in [2.24, 2.45) is 0 Å². The summed E-state index contributed by atoms with van der Waals surface area (Å²) >= 11 is 0. The Hall–Kier alpha value is -0.460. The van der Waals surface area contributed by atoms with E-state index in [2.05, 4.69) is 9.84 Å². The lowest BCUT2D eigenvalue weighted by Crippen LogP contribution is -2.40. The van der Waals surface area contributed by atoms with E-state index in [9.17, 15) is 9.36 Å². The predicted octanol–water partition coefficient (Wildman–Crippen LogP) is -0.671. The molecule has 0 aliphatic rings. The summed E-state index contributed by atoms with van der Waals surface area (Å²) < 4.78 is 14.4. The number of carbonyl (C=O) groups is 1. The van der Waals surface area contributed by atoms with Crippen LogP contribution in [0.15, 0.2) is 0 Å². The molecule has 0 saturated carbocycles. The van der Waals surface area contributed by atoms with Gasteiger partial charge < -0.3 is 20.2 Å². The first-order valence-corrected chi connectivity index (χ1v) is 5.51. The van der Waals surface area contributed by atoms with E-state index in [-0.39, 0.29) is 6.42 Å². The Labute approximate surface area is 81.3 Å². The second-order valence-electron chi connectivity index (χ2n) is 2.67. The highest BCUT2D eigenvalue weighted by Gasteiger charge is 2.22. The number of aliphatic hydroxyl groups excluding tert-OH is 1. The van der Waals surface area contributed by atoms with Crippen molar-refractivity contribution in [1.29, 1.82) is 0 Å². The Balaban J connectivity index is 4.01. The minimum Gasteiger partial charge on any atom is -0.383 e. The molecule has 0 aromatic heterocycles. The molecule has 0 fully saturated rings. The molecule has 0 heterocycles. The molecule has 0 aromatic rings. The van der Waals surface area contributed by atoms with Gasteiger partial charge in [-0.3, -0.25) is 9.32 Å². The molecular formula is C6H14NO6P. The fourth-order valence-electron chi connectivity index (χ4n) is 0.714. The molecule has 7 nitrogen and oxygen atoms in total. The van der Waals surface area contributed by atoms with E-state index in [1.165, 1.54) is 6.92 Å². The van der Waals surface area contributed by atoms with Crippen LogP contribution in [0.1, 0.15) is 20.3 Å². The van der Waals surface area contributed by atoms with Crippen LogP contribution in [0.4, 0.5) is 0 Å². The molecule has 0 aliphatic heterocycles. The Bertz CT molecular complexity index is 238. The summed E-state index contributed by atoms with van der Waals surface area (Å²) in [7, 11) is -4.61. The summed E-state index contributed by atoms with van der Waals surface area (Å²) in [6, 6.07) is 0. The summed E-state index contributed by atoms with van der Waals surface area (Å²) in [6.45, 7) is 2.85. The fourth-order valence-corrected chi connectivity index (χ4v) is 1.18. The van der Waals surface area contributed by atoms with Crippen LogP contribution in [0.2, 0.25) is 0 Å². The van der Waals surface area contributed by atoms with Gasteiger partial charge in [-0.25, -0.2) is 4.57 Å². The third-order valence-electron chi connectivity index (χ3n) is 1.33. The van der Waals surface area contributed by atoms with Crippen molar-refractivity contribution < 1.29 is 28.8 Å². The monoisotopic (exact) mass is 227 g/mol. The van der Waals surface area contributed by atoms with Crippen molar-refractivity contribution in [2.45, 2.75) is 32.6 Å². The van der Waals surface area contributed by atoms with Gasteiger partial charge in [0.2, 0.25) is 0 Å². The molecule has 1 amide bonds. The fraction of sp³-hybridized carbons (Fsp3) is 0.833. The normalized spacial score (nSPS) is 16.1. The van der Waals surface area contributed by atoms with Gasteiger partial charge in [0.25, 0.3) is 5.91 Å². The zero-order valence-electron chi connectivity index (χ0n) is 7.88. The number of phosphoric ester groups is 1. The summed E-state index contributed by atoms with van der Waals surface area (Å²) in [4.78, 5) is 27.7. The maximum Gasteiger partial charge on any atom is 0.471 e. The molecule has 0 bridgehead atoms. The highest BCUT2D eigenvalue weighted by atomic mass is 31.2. The summed E-state index contributed by atoms with van der Waals surface area (Å²) in [5.41, 5.74) is 0. The molecule has 2 unspecified atom stereocenters. The molecular weight excluding hydrogens is 213 g/mol. The average Bonchev–Trinajstić information content (AvgIpc) is 1.99. The highest BCUT2D eigenvalue weighted by Crippen LogP contribution is 2.36. The summed E-state index contributed by atoms with van der Waals surface area (Å²) in [5.74, 6) is -0.728. The summed E-state index contributed by atoms with van der Waals surface area (Å²) in [5, 5.41) is 11.1. The van der Waals surface area contributed by atoms with E-state index in [1.54, 1.807) is 6.92 Å². The van der Waals surface area contributed by atoms with Crippen LogP contribution in [-0.4, -0.2) is 33.1 Å². The molecule has 0 spiro atoms. The number of phosphoric acid groups is 1. The van der Waals surface area contributed by atoms with Crippen molar-refractivity contribution >= 4 is 13.7 Å². The molecule has 4 N–H and O–H groups in total. The molecule has 84 valence electrons. The van der Waals surface area contributed by atoms with Crippen LogP contribution in [0.25, 0.3) is 0 Å². The molecule has 8 heteroatoms. The van der Waals surface area contributed by atoms with Crippen LogP contribution in [0.5, 0.6) is 0 Å². The first-order valence-electron chi connectivity index (χ1n) is 3.98. The first kappa shape index (κ1) is 13.5. The summed E-state index contributed by atoms with van der Waals surface area (Å²) in [6.07, 6.45) is -2.13. The lowest BCUT2D eigenvalue weighted by molar-refractivity contribution is -0.131. The number of carbonyl (C=O) groups excluding carboxylic acids is 1. The van der Waals surface area contributed by atoms with E-state index in [0.29, 0.717) is 0 Å². The largest absolute Gasteiger partial charge is 0.471 e. The number of rotatable bonds is 5. The number of aliphatic hydroxyl groups is 1. The van der Waals surface area contributed by atoms with E-state index in [0.717, 1.165) is 0 Å². The number of amides is 1. The van der Waals surface area contributed by atoms with Gasteiger partial charge in [-0.2, -0.15) is 0 Å². The zero-order chi connectivity index (χ0) is 11.4. The van der Waals surface area contributed by atoms with E-state index < -0.39 is 26.1 Å². The number of hydrogen-bond donors (Lipinski definition) is 4. The van der Waals surface area contributed by atoms with E-state index >= 15 is 0 Å². The highest BCUT2D eigenvalue weighted by molar-refractivity contribution is 7.46. The van der Waals surface area contributed by atoms with E-state index in [1.807, 2.05) is 0 Å². The van der Waals surface area contributed by atoms with Crippen LogP contribution in [0, 0.1) is 0 Å². The Kier molecular flexibility index (Phi) is 5.25. The first-order chi connectivity index (χ1) is 6.26. The second-order valence-corrected chi connectivity index (χ2v) is 3.86. The molecule has 0 aliphatic carbocycles. The number of nitrogens with one attached hydrogen (secondary N) is 1. The lowest BCUT2D eigenvalue weighted by atomic mass is 10.2. The van der Waals surface area contributed by atoms with Gasteiger partial charge >= 0.3 is 7.82 Å². The van der Waals surface area contributed by atoms with Gasteiger partial charge in [0, 0.05) is 0 Å². The third kappa shape index (κ3) is 6.06. The molecule has 2 atom stereocenters. The average molecular weight is 227 g/mol. The van der Waals surface area contributed by atoms with Gasteiger partial charge in [0.05, 0.1) is 0 Å². The predicted molar refractivity (Wildman–Crippen MR) is 47.0 cm³/mol. The Morgan fingerprint density at radius 2 is 2.07 bits per heavy atom. The SMILES string of the molecule is CCC(O)C(=O)NC(C)OP(=O)(O)O. The topological polar surface area (TPSA) is 116 Å². The minimum atomic E-state index is -4.61. The van der Waals surface area contributed by atoms with Crippen LogP contribution >= 0.6 is 7.82 Å². The standard InChI is InChI=1S/C6H14NO6P/c1-3-5(8)6(9)7-4(2)13-14(10,11)12/h4-5,8H,3H2,1-2H3,(H,7,9)(H2,10,11,12). The van der Waals surface area contributed by atoms with Gasteiger partial charge in [0.15, 0.2) is 0 Å². The van der Waals surface area contributed by atoms with Gasteiger partial charge in [0.1, 0.15) is 12.3 Å². The number of hydrogen-bond acceptors (Lipinski definition) is 4. The molecule has 0 aromatic carbocycles. The van der Waals surface area contributed by atoms with Gasteiger partial charge in [-0.05, 0) is 13.3 Å². The molecule has 0 saturated heterocycles. The van der Waals surface area contributed by atoms with Crippen molar-refractivity contribution in [2.75, 3.05) is 0 Å². The maximum absolute atomic E-state index is 11.0. The molecule has 0 radical (unpaired) electrons.